The van der Waals surface area contributed by atoms with Crippen LogP contribution < -0.4 is 5.43 Å². The molecule has 0 bridgehead atoms. The van der Waals surface area contributed by atoms with Crippen molar-refractivity contribution in [1.82, 2.24) is 15.3 Å². The minimum absolute atomic E-state index is 0.0713. The Morgan fingerprint density at radius 2 is 1.82 bits per heavy atom. The Kier molecular flexibility index (Phi) is 5.00. The number of nitrogens with one attached hydrogen (secondary N) is 1. The van der Waals surface area contributed by atoms with Crippen molar-refractivity contribution in [2.45, 2.75) is 63.8 Å². The van der Waals surface area contributed by atoms with Crippen LogP contribution >= 0.6 is 0 Å². The lowest BCUT2D eigenvalue weighted by atomic mass is 9.68. The molecule has 0 radical (unpaired) electrons. The number of hydrogen-bond donors (Lipinski definition) is 1. The predicted octanol–water partition coefficient (Wildman–Crippen LogP) is 2.05. The van der Waals surface area contributed by atoms with E-state index in [1.54, 1.807) is 4.90 Å². The summed E-state index contributed by atoms with van der Waals surface area (Å²) in [6.07, 6.45) is 11.3. The van der Waals surface area contributed by atoms with Crippen LogP contribution in [0.25, 0.3) is 0 Å². The van der Waals surface area contributed by atoms with Crippen LogP contribution in [0.3, 0.4) is 0 Å². The van der Waals surface area contributed by atoms with E-state index < -0.39 is 0 Å². The third-order valence-electron chi connectivity index (χ3n) is 5.91. The highest BCUT2D eigenvalue weighted by Crippen LogP contribution is 2.44. The number of hydrazine groups is 1. The zero-order valence-electron chi connectivity index (χ0n) is 13.5. The summed E-state index contributed by atoms with van der Waals surface area (Å²) in [5.41, 5.74) is 3.90. The highest BCUT2D eigenvalue weighted by Gasteiger charge is 2.35. The van der Waals surface area contributed by atoms with Crippen molar-refractivity contribution >= 4 is 5.91 Å². The maximum absolute atomic E-state index is 12.2. The van der Waals surface area contributed by atoms with E-state index in [4.69, 9.17) is 5.26 Å². The van der Waals surface area contributed by atoms with Crippen LogP contribution in [0, 0.1) is 16.7 Å². The zero-order valence-corrected chi connectivity index (χ0v) is 13.5. The van der Waals surface area contributed by atoms with Crippen LogP contribution in [0.2, 0.25) is 0 Å². The van der Waals surface area contributed by atoms with Crippen LogP contribution in [0.15, 0.2) is 0 Å². The molecule has 22 heavy (non-hydrogen) atoms. The SMILES string of the molecule is N#C[C@@H]1CCCN1C(=O)CNN1CCC2(CCCCC2)CC1. The molecule has 5 heteroatoms. The maximum atomic E-state index is 12.2. The second kappa shape index (κ2) is 6.97. The van der Waals surface area contributed by atoms with E-state index >= 15 is 0 Å². The minimum atomic E-state index is -0.207. The summed E-state index contributed by atoms with van der Waals surface area (Å²) >= 11 is 0. The fourth-order valence-electron chi connectivity index (χ4n) is 4.42. The maximum Gasteiger partial charge on any atom is 0.239 e. The number of likely N-dealkylation sites (tertiary alicyclic amines) is 1. The Bertz CT molecular complexity index is 428. The smallest absolute Gasteiger partial charge is 0.239 e. The van der Waals surface area contributed by atoms with Gasteiger partial charge in [0.05, 0.1) is 12.6 Å². The van der Waals surface area contributed by atoms with E-state index in [-0.39, 0.29) is 11.9 Å². The number of hydrogen-bond acceptors (Lipinski definition) is 4. The topological polar surface area (TPSA) is 59.4 Å². The molecule has 122 valence electrons. The predicted molar refractivity (Wildman–Crippen MR) is 84.7 cm³/mol. The molecule has 2 heterocycles. The highest BCUT2D eigenvalue weighted by molar-refractivity contribution is 5.79. The molecule has 1 saturated carbocycles. The number of nitrogens with zero attached hydrogens (tertiary/aromatic N) is 3. The first kappa shape index (κ1) is 15.8. The molecule has 2 saturated heterocycles. The standard InChI is InChI=1S/C17H28N4O/c18-13-15-5-4-10-21(15)16(22)14-19-20-11-8-17(9-12-20)6-2-1-3-7-17/h15,19H,1-12,14H2/t15-/m0/s1. The summed E-state index contributed by atoms with van der Waals surface area (Å²) in [5, 5.41) is 11.3. The molecule has 3 rings (SSSR count). The van der Waals surface area contributed by atoms with Crippen LogP contribution in [0.1, 0.15) is 57.8 Å². The van der Waals surface area contributed by atoms with Gasteiger partial charge in [-0.25, -0.2) is 10.4 Å². The Balaban J connectivity index is 1.41. The third-order valence-corrected chi connectivity index (χ3v) is 5.91. The van der Waals surface area contributed by atoms with Crippen molar-refractivity contribution in [1.29, 1.82) is 5.26 Å². The fraction of sp³-hybridized carbons (Fsp3) is 0.882. The van der Waals surface area contributed by atoms with Gasteiger partial charge in [-0.1, -0.05) is 19.3 Å². The average molecular weight is 304 g/mol. The van der Waals surface area contributed by atoms with Gasteiger partial charge >= 0.3 is 0 Å². The van der Waals surface area contributed by atoms with E-state index in [0.29, 0.717) is 12.0 Å². The number of nitriles is 1. The first-order valence-corrected chi connectivity index (χ1v) is 8.90. The number of carbonyl (C=O) groups is 1. The van der Waals surface area contributed by atoms with Crippen LogP contribution in [-0.4, -0.2) is 48.0 Å². The quantitative estimate of drug-likeness (QED) is 0.867. The number of amides is 1. The molecular weight excluding hydrogens is 276 g/mol. The van der Waals surface area contributed by atoms with Gasteiger partial charge in [0.2, 0.25) is 5.91 Å². The van der Waals surface area contributed by atoms with Crippen LogP contribution in [0.5, 0.6) is 0 Å². The molecule has 5 nitrogen and oxygen atoms in total. The summed E-state index contributed by atoms with van der Waals surface area (Å²) in [4.78, 5) is 14.0. The fourth-order valence-corrected chi connectivity index (χ4v) is 4.42. The average Bonchev–Trinajstić information content (AvgIpc) is 3.04. The molecule has 1 spiro atoms. The third kappa shape index (κ3) is 3.44. The van der Waals surface area contributed by atoms with Crippen molar-refractivity contribution in [2.75, 3.05) is 26.2 Å². The molecule has 1 N–H and O–H groups in total. The van der Waals surface area contributed by atoms with Crippen molar-refractivity contribution in [3.63, 3.8) is 0 Å². The van der Waals surface area contributed by atoms with Crippen LogP contribution in [-0.2, 0) is 4.79 Å². The first-order chi connectivity index (χ1) is 10.7. The molecule has 0 aromatic rings. The van der Waals surface area contributed by atoms with Gasteiger partial charge in [0.1, 0.15) is 6.04 Å². The number of piperidine rings is 1. The zero-order chi connectivity index (χ0) is 15.4. The van der Waals surface area contributed by atoms with E-state index in [9.17, 15) is 4.79 Å². The van der Waals surface area contributed by atoms with Crippen molar-refractivity contribution in [3.8, 4) is 6.07 Å². The van der Waals surface area contributed by atoms with Gasteiger partial charge < -0.3 is 4.90 Å². The number of carbonyl (C=O) groups excluding carboxylic acids is 1. The summed E-state index contributed by atoms with van der Waals surface area (Å²) in [6.45, 7) is 3.18. The second-order valence-electron chi connectivity index (χ2n) is 7.26. The molecule has 1 atom stereocenters. The molecule has 1 aliphatic carbocycles. The van der Waals surface area contributed by atoms with E-state index in [1.807, 2.05) is 0 Å². The molecule has 0 aromatic heterocycles. The Labute approximate surface area is 133 Å². The Morgan fingerprint density at radius 3 is 2.50 bits per heavy atom. The number of rotatable bonds is 3. The second-order valence-corrected chi connectivity index (χ2v) is 7.26. The van der Waals surface area contributed by atoms with Crippen molar-refractivity contribution in [2.24, 2.45) is 5.41 Å². The Hall–Kier alpha value is -1.12. The molecule has 3 fully saturated rings. The molecule has 1 amide bonds. The lowest BCUT2D eigenvalue weighted by Crippen LogP contribution is -2.51. The molecule has 3 aliphatic rings. The van der Waals surface area contributed by atoms with Gasteiger partial charge in [-0.05, 0) is 43.9 Å². The molecular formula is C17H28N4O. The van der Waals surface area contributed by atoms with Crippen molar-refractivity contribution in [3.05, 3.63) is 0 Å². The Morgan fingerprint density at radius 1 is 1.09 bits per heavy atom. The van der Waals surface area contributed by atoms with Gasteiger partial charge in [-0.15, -0.1) is 0 Å². The van der Waals surface area contributed by atoms with Gasteiger partial charge in [-0.2, -0.15) is 5.26 Å². The molecule has 0 aromatic carbocycles. The van der Waals surface area contributed by atoms with Crippen molar-refractivity contribution < 1.29 is 4.79 Å². The molecule has 0 unspecified atom stereocenters. The highest BCUT2D eigenvalue weighted by atomic mass is 16.2. The van der Waals surface area contributed by atoms with Crippen LogP contribution in [0.4, 0.5) is 0 Å². The monoisotopic (exact) mass is 304 g/mol. The van der Waals surface area contributed by atoms with Gasteiger partial charge in [0.25, 0.3) is 0 Å². The summed E-state index contributed by atoms with van der Waals surface area (Å²) in [6, 6.07) is 2.03. The van der Waals surface area contributed by atoms with E-state index in [1.165, 1.54) is 44.9 Å². The summed E-state index contributed by atoms with van der Waals surface area (Å²) in [5.74, 6) is 0.0713. The largest absolute Gasteiger partial charge is 0.326 e. The lowest BCUT2D eigenvalue weighted by Gasteiger charge is -2.44. The van der Waals surface area contributed by atoms with Gasteiger partial charge in [-0.3, -0.25) is 4.79 Å². The minimum Gasteiger partial charge on any atom is -0.326 e. The van der Waals surface area contributed by atoms with Gasteiger partial charge in [0, 0.05) is 19.6 Å². The van der Waals surface area contributed by atoms with E-state index in [2.05, 4.69) is 16.5 Å². The van der Waals surface area contributed by atoms with E-state index in [0.717, 1.165) is 32.5 Å². The first-order valence-electron chi connectivity index (χ1n) is 8.90. The summed E-state index contributed by atoms with van der Waals surface area (Å²) < 4.78 is 0. The molecule has 2 aliphatic heterocycles. The summed E-state index contributed by atoms with van der Waals surface area (Å²) in [7, 11) is 0. The van der Waals surface area contributed by atoms with Gasteiger partial charge in [0.15, 0.2) is 0 Å². The normalized spacial score (nSPS) is 28.7. The lowest BCUT2D eigenvalue weighted by molar-refractivity contribution is -0.131.